The molecule has 0 aliphatic carbocycles. The predicted molar refractivity (Wildman–Crippen MR) is 124 cm³/mol. The Balaban J connectivity index is 1.61. The molecule has 7 heteroatoms. The second kappa shape index (κ2) is 10.1. The lowest BCUT2D eigenvalue weighted by atomic mass is 10.2. The van der Waals surface area contributed by atoms with E-state index in [-0.39, 0.29) is 18.2 Å². The van der Waals surface area contributed by atoms with Crippen LogP contribution in [0.2, 0.25) is 0 Å². The van der Waals surface area contributed by atoms with E-state index in [2.05, 4.69) is 10.6 Å². The zero-order valence-electron chi connectivity index (χ0n) is 17.5. The molecule has 0 fully saturated rings. The molecular formula is C24H26N2O4S. The fraction of sp³-hybridized carbons (Fsp3) is 0.208. The molecule has 6 nitrogen and oxygen atoms in total. The highest BCUT2D eigenvalue weighted by Crippen LogP contribution is 2.29. The van der Waals surface area contributed by atoms with Crippen LogP contribution in [0.5, 0.6) is 11.5 Å². The van der Waals surface area contributed by atoms with Gasteiger partial charge in [0.25, 0.3) is 0 Å². The molecule has 3 rings (SSSR count). The largest absolute Gasteiger partial charge is 0.455 e. The molecule has 0 aromatic heterocycles. The fourth-order valence-corrected chi connectivity index (χ4v) is 3.80. The summed E-state index contributed by atoms with van der Waals surface area (Å²) in [6.07, 6.45) is 0. The van der Waals surface area contributed by atoms with E-state index in [0.29, 0.717) is 28.4 Å². The molecule has 0 aliphatic heterocycles. The third kappa shape index (κ3) is 6.58. The number of benzene rings is 3. The minimum Gasteiger partial charge on any atom is -0.455 e. The second-order valence-corrected chi connectivity index (χ2v) is 9.93. The number of carbonyl (C=O) groups is 1. The van der Waals surface area contributed by atoms with Crippen molar-refractivity contribution < 1.29 is 17.9 Å². The van der Waals surface area contributed by atoms with E-state index in [4.69, 9.17) is 4.74 Å². The van der Waals surface area contributed by atoms with Crippen LogP contribution in [0, 0.1) is 0 Å². The number of anilines is 2. The van der Waals surface area contributed by atoms with Crippen molar-refractivity contribution >= 4 is 27.1 Å². The molecule has 0 saturated carbocycles. The number of hydrogen-bond donors (Lipinski definition) is 2. The van der Waals surface area contributed by atoms with Crippen LogP contribution in [0.4, 0.5) is 11.4 Å². The summed E-state index contributed by atoms with van der Waals surface area (Å²) in [7, 11) is -3.19. The first-order valence-electron chi connectivity index (χ1n) is 9.99. The highest BCUT2D eigenvalue weighted by molar-refractivity contribution is 7.91. The summed E-state index contributed by atoms with van der Waals surface area (Å²) in [6, 6.07) is 23.6. The van der Waals surface area contributed by atoms with Gasteiger partial charge in [0.05, 0.1) is 23.2 Å². The number of hydrogen-bond acceptors (Lipinski definition) is 5. The lowest BCUT2D eigenvalue weighted by molar-refractivity contribution is -0.114. The van der Waals surface area contributed by atoms with Crippen molar-refractivity contribution in [3.8, 4) is 11.5 Å². The van der Waals surface area contributed by atoms with Crippen LogP contribution in [0.25, 0.3) is 0 Å². The molecule has 0 saturated heterocycles. The van der Waals surface area contributed by atoms with Crippen LogP contribution in [0.3, 0.4) is 0 Å². The SMILES string of the molecule is CC(C)S(=O)(=O)Cc1cccc(NCC(=O)Nc2ccccc2Oc2ccccc2)c1. The van der Waals surface area contributed by atoms with E-state index in [9.17, 15) is 13.2 Å². The Labute approximate surface area is 183 Å². The molecule has 0 radical (unpaired) electrons. The van der Waals surface area contributed by atoms with Crippen molar-refractivity contribution in [1.82, 2.24) is 0 Å². The van der Waals surface area contributed by atoms with Gasteiger partial charge < -0.3 is 15.4 Å². The molecule has 31 heavy (non-hydrogen) atoms. The Kier molecular flexibility index (Phi) is 7.31. The highest BCUT2D eigenvalue weighted by Gasteiger charge is 2.17. The molecule has 0 unspecified atom stereocenters. The number of para-hydroxylation sites is 3. The Morgan fingerprint density at radius 2 is 1.65 bits per heavy atom. The molecule has 0 aliphatic rings. The van der Waals surface area contributed by atoms with Crippen molar-refractivity contribution in [2.75, 3.05) is 17.2 Å². The standard InChI is InChI=1S/C24H26N2O4S/c1-18(2)31(28,29)17-19-9-8-10-20(15-19)25-16-24(27)26-22-13-6-7-14-23(22)30-21-11-4-3-5-12-21/h3-15,18,25H,16-17H2,1-2H3,(H,26,27). The van der Waals surface area contributed by atoms with E-state index < -0.39 is 15.1 Å². The number of amides is 1. The summed E-state index contributed by atoms with van der Waals surface area (Å²) >= 11 is 0. The number of rotatable bonds is 9. The lowest BCUT2D eigenvalue weighted by Crippen LogP contribution is -2.22. The van der Waals surface area contributed by atoms with Gasteiger partial charge in [-0.15, -0.1) is 0 Å². The molecule has 3 aromatic carbocycles. The van der Waals surface area contributed by atoms with Crippen LogP contribution < -0.4 is 15.4 Å². The topological polar surface area (TPSA) is 84.5 Å². The van der Waals surface area contributed by atoms with Crippen LogP contribution in [0.1, 0.15) is 19.4 Å². The lowest BCUT2D eigenvalue weighted by Gasteiger charge is -2.13. The molecule has 1 amide bonds. The summed E-state index contributed by atoms with van der Waals surface area (Å²) in [5.41, 5.74) is 1.93. The molecule has 3 aromatic rings. The maximum atomic E-state index is 12.5. The monoisotopic (exact) mass is 438 g/mol. The van der Waals surface area contributed by atoms with E-state index in [1.165, 1.54) is 0 Å². The van der Waals surface area contributed by atoms with Crippen LogP contribution in [-0.4, -0.2) is 26.1 Å². The Morgan fingerprint density at radius 3 is 2.39 bits per heavy atom. The van der Waals surface area contributed by atoms with Gasteiger partial charge in [-0.1, -0.05) is 42.5 Å². The highest BCUT2D eigenvalue weighted by atomic mass is 32.2. The summed E-state index contributed by atoms with van der Waals surface area (Å²) in [4.78, 5) is 12.5. The van der Waals surface area contributed by atoms with E-state index in [1.807, 2.05) is 42.5 Å². The van der Waals surface area contributed by atoms with Gasteiger partial charge in [-0.05, 0) is 55.8 Å². The zero-order chi connectivity index (χ0) is 22.3. The minimum atomic E-state index is -3.19. The Morgan fingerprint density at radius 1 is 0.935 bits per heavy atom. The van der Waals surface area contributed by atoms with Gasteiger partial charge in [0.2, 0.25) is 5.91 Å². The summed E-state index contributed by atoms with van der Waals surface area (Å²) in [5.74, 6) is 0.944. The number of sulfone groups is 1. The van der Waals surface area contributed by atoms with Crippen molar-refractivity contribution in [3.05, 3.63) is 84.4 Å². The average Bonchev–Trinajstić information content (AvgIpc) is 2.74. The summed E-state index contributed by atoms with van der Waals surface area (Å²) in [5, 5.41) is 5.45. The van der Waals surface area contributed by atoms with Gasteiger partial charge in [0.1, 0.15) is 5.75 Å². The Hall–Kier alpha value is -3.32. The van der Waals surface area contributed by atoms with Crippen LogP contribution in [-0.2, 0) is 20.4 Å². The Bertz CT molecular complexity index is 1130. The summed E-state index contributed by atoms with van der Waals surface area (Å²) < 4.78 is 30.2. The van der Waals surface area contributed by atoms with E-state index >= 15 is 0 Å². The first kappa shape index (κ1) is 22.4. The third-order valence-corrected chi connectivity index (χ3v) is 6.77. The second-order valence-electron chi connectivity index (χ2n) is 7.37. The predicted octanol–water partition coefficient (Wildman–Crippen LogP) is 4.85. The van der Waals surface area contributed by atoms with E-state index in [0.717, 1.165) is 0 Å². The first-order valence-corrected chi connectivity index (χ1v) is 11.7. The van der Waals surface area contributed by atoms with Gasteiger partial charge in [-0.3, -0.25) is 4.79 Å². The van der Waals surface area contributed by atoms with E-state index in [1.54, 1.807) is 50.2 Å². The molecule has 0 spiro atoms. The maximum absolute atomic E-state index is 12.5. The van der Waals surface area contributed by atoms with Crippen molar-refractivity contribution in [1.29, 1.82) is 0 Å². The van der Waals surface area contributed by atoms with Crippen molar-refractivity contribution in [2.45, 2.75) is 24.9 Å². The van der Waals surface area contributed by atoms with Crippen LogP contribution >= 0.6 is 0 Å². The number of carbonyl (C=O) groups excluding carboxylic acids is 1. The molecule has 162 valence electrons. The molecule has 2 N–H and O–H groups in total. The van der Waals surface area contributed by atoms with Crippen molar-refractivity contribution in [3.63, 3.8) is 0 Å². The smallest absolute Gasteiger partial charge is 0.243 e. The quantitative estimate of drug-likeness (QED) is 0.499. The fourth-order valence-electron chi connectivity index (χ4n) is 2.82. The first-order chi connectivity index (χ1) is 14.8. The third-order valence-electron chi connectivity index (χ3n) is 4.60. The summed E-state index contributed by atoms with van der Waals surface area (Å²) in [6.45, 7) is 3.36. The zero-order valence-corrected chi connectivity index (χ0v) is 18.4. The van der Waals surface area contributed by atoms with Gasteiger partial charge in [0.15, 0.2) is 15.6 Å². The minimum absolute atomic E-state index is 0.0278. The van der Waals surface area contributed by atoms with Gasteiger partial charge in [-0.25, -0.2) is 8.42 Å². The van der Waals surface area contributed by atoms with Crippen LogP contribution in [0.15, 0.2) is 78.9 Å². The number of nitrogens with one attached hydrogen (secondary N) is 2. The van der Waals surface area contributed by atoms with Gasteiger partial charge in [-0.2, -0.15) is 0 Å². The molecule has 0 heterocycles. The molecule has 0 bridgehead atoms. The molecule has 0 atom stereocenters. The number of ether oxygens (including phenoxy) is 1. The van der Waals surface area contributed by atoms with Gasteiger partial charge >= 0.3 is 0 Å². The molecular weight excluding hydrogens is 412 g/mol. The van der Waals surface area contributed by atoms with Crippen molar-refractivity contribution in [2.24, 2.45) is 0 Å². The maximum Gasteiger partial charge on any atom is 0.243 e. The van der Waals surface area contributed by atoms with Gasteiger partial charge in [0, 0.05) is 5.69 Å². The normalized spacial score (nSPS) is 11.2. The average molecular weight is 439 g/mol.